The Labute approximate surface area is 178 Å². The van der Waals surface area contributed by atoms with Crippen LogP contribution in [-0.2, 0) is 21.2 Å². The predicted molar refractivity (Wildman–Crippen MR) is 117 cm³/mol. The van der Waals surface area contributed by atoms with E-state index in [2.05, 4.69) is 4.98 Å². The van der Waals surface area contributed by atoms with E-state index in [4.69, 9.17) is 4.42 Å². The SMILES string of the molecule is O=C(CCCS(=O)(=O)c1ccccc1)N(Cc1ccco1)c1nc2ccccc2s1. The Morgan fingerprint density at radius 1 is 1.00 bits per heavy atom. The first-order valence-corrected chi connectivity index (χ1v) is 12.0. The highest BCUT2D eigenvalue weighted by Crippen LogP contribution is 2.30. The monoisotopic (exact) mass is 440 g/mol. The van der Waals surface area contributed by atoms with Crippen LogP contribution in [0, 0.1) is 0 Å². The number of thiazole rings is 1. The van der Waals surface area contributed by atoms with Gasteiger partial charge in [0.25, 0.3) is 0 Å². The Balaban J connectivity index is 1.49. The van der Waals surface area contributed by atoms with Crippen LogP contribution in [-0.4, -0.2) is 25.1 Å². The van der Waals surface area contributed by atoms with Crippen molar-refractivity contribution in [3.05, 3.63) is 78.8 Å². The number of benzene rings is 2. The van der Waals surface area contributed by atoms with Crippen molar-refractivity contribution in [3.63, 3.8) is 0 Å². The minimum Gasteiger partial charge on any atom is -0.467 e. The van der Waals surface area contributed by atoms with Gasteiger partial charge in [0.2, 0.25) is 5.91 Å². The first kappa shape index (κ1) is 20.3. The van der Waals surface area contributed by atoms with E-state index in [1.54, 1.807) is 53.6 Å². The van der Waals surface area contributed by atoms with Gasteiger partial charge in [-0.2, -0.15) is 0 Å². The van der Waals surface area contributed by atoms with E-state index in [1.165, 1.54) is 11.3 Å². The third-order valence-electron chi connectivity index (χ3n) is 4.61. The van der Waals surface area contributed by atoms with Crippen molar-refractivity contribution in [2.75, 3.05) is 10.7 Å². The molecule has 2 aromatic carbocycles. The van der Waals surface area contributed by atoms with Crippen LogP contribution in [0.3, 0.4) is 0 Å². The molecule has 0 N–H and O–H groups in total. The molecule has 0 saturated carbocycles. The molecule has 4 rings (SSSR count). The van der Waals surface area contributed by atoms with Crippen molar-refractivity contribution in [2.24, 2.45) is 0 Å². The van der Waals surface area contributed by atoms with Crippen LogP contribution < -0.4 is 4.90 Å². The quantitative estimate of drug-likeness (QED) is 0.397. The lowest BCUT2D eigenvalue weighted by atomic mass is 10.3. The van der Waals surface area contributed by atoms with Crippen LogP contribution in [0.1, 0.15) is 18.6 Å². The van der Waals surface area contributed by atoms with E-state index < -0.39 is 9.84 Å². The summed E-state index contributed by atoms with van der Waals surface area (Å²) in [5.74, 6) is 0.366. The molecule has 6 nitrogen and oxygen atoms in total. The van der Waals surface area contributed by atoms with Gasteiger partial charge in [0.1, 0.15) is 5.76 Å². The number of hydrogen-bond acceptors (Lipinski definition) is 6. The number of hydrogen-bond donors (Lipinski definition) is 0. The average molecular weight is 441 g/mol. The van der Waals surface area contributed by atoms with E-state index in [1.807, 2.05) is 24.3 Å². The van der Waals surface area contributed by atoms with Crippen LogP contribution in [0.2, 0.25) is 0 Å². The maximum Gasteiger partial charge on any atom is 0.229 e. The zero-order valence-corrected chi connectivity index (χ0v) is 17.7. The number of carbonyl (C=O) groups is 1. The zero-order chi connectivity index (χ0) is 21.0. The Morgan fingerprint density at radius 3 is 2.50 bits per heavy atom. The van der Waals surface area contributed by atoms with Crippen LogP contribution >= 0.6 is 11.3 Å². The van der Waals surface area contributed by atoms with Crippen LogP contribution in [0.15, 0.2) is 82.3 Å². The minimum absolute atomic E-state index is 0.0861. The molecule has 154 valence electrons. The van der Waals surface area contributed by atoms with E-state index >= 15 is 0 Å². The van der Waals surface area contributed by atoms with Gasteiger partial charge in [-0.1, -0.05) is 41.7 Å². The Hall–Kier alpha value is -2.97. The fourth-order valence-electron chi connectivity index (χ4n) is 3.09. The second kappa shape index (κ2) is 8.81. The molecule has 2 heterocycles. The van der Waals surface area contributed by atoms with Gasteiger partial charge in [0, 0.05) is 6.42 Å². The molecule has 30 heavy (non-hydrogen) atoms. The second-order valence-electron chi connectivity index (χ2n) is 6.76. The maximum atomic E-state index is 13.0. The summed E-state index contributed by atoms with van der Waals surface area (Å²) in [5.41, 5.74) is 0.821. The molecule has 0 bridgehead atoms. The number of aromatic nitrogens is 1. The number of furan rings is 1. The first-order chi connectivity index (χ1) is 14.5. The van der Waals surface area contributed by atoms with Crippen LogP contribution in [0.25, 0.3) is 10.2 Å². The topological polar surface area (TPSA) is 80.5 Å². The molecule has 0 aliphatic rings. The lowest BCUT2D eigenvalue weighted by molar-refractivity contribution is -0.118. The highest BCUT2D eigenvalue weighted by atomic mass is 32.2. The largest absolute Gasteiger partial charge is 0.467 e. The minimum atomic E-state index is -3.42. The van der Waals surface area contributed by atoms with Crippen molar-refractivity contribution in [1.82, 2.24) is 4.98 Å². The van der Waals surface area contributed by atoms with Crippen molar-refractivity contribution < 1.29 is 17.6 Å². The second-order valence-corrected chi connectivity index (χ2v) is 9.88. The number of rotatable bonds is 8. The molecule has 0 aliphatic carbocycles. The van der Waals surface area contributed by atoms with Crippen molar-refractivity contribution in [2.45, 2.75) is 24.3 Å². The van der Waals surface area contributed by atoms with Crippen LogP contribution in [0.4, 0.5) is 5.13 Å². The lowest BCUT2D eigenvalue weighted by Gasteiger charge is -2.18. The number of para-hydroxylation sites is 1. The summed E-state index contributed by atoms with van der Waals surface area (Å²) in [7, 11) is -3.42. The lowest BCUT2D eigenvalue weighted by Crippen LogP contribution is -2.30. The predicted octanol–water partition coefficient (Wildman–Crippen LogP) is 4.68. The molecule has 4 aromatic rings. The van der Waals surface area contributed by atoms with Gasteiger partial charge in [0.15, 0.2) is 15.0 Å². The Kier molecular flexibility index (Phi) is 5.96. The summed E-state index contributed by atoms with van der Waals surface area (Å²) >= 11 is 1.43. The van der Waals surface area contributed by atoms with Crippen molar-refractivity contribution >= 4 is 42.4 Å². The van der Waals surface area contributed by atoms with Gasteiger partial charge in [-0.15, -0.1) is 0 Å². The van der Waals surface area contributed by atoms with Gasteiger partial charge >= 0.3 is 0 Å². The highest BCUT2D eigenvalue weighted by molar-refractivity contribution is 7.91. The smallest absolute Gasteiger partial charge is 0.229 e. The Morgan fingerprint density at radius 2 is 1.77 bits per heavy atom. The van der Waals surface area contributed by atoms with Gasteiger partial charge in [-0.3, -0.25) is 9.69 Å². The normalized spacial score (nSPS) is 11.6. The molecule has 0 fully saturated rings. The Bertz CT molecular complexity index is 1200. The molecule has 0 spiro atoms. The third kappa shape index (κ3) is 4.60. The maximum absolute atomic E-state index is 13.0. The number of fused-ring (bicyclic) bond motifs is 1. The molecular formula is C22H20N2O4S2. The van der Waals surface area contributed by atoms with Gasteiger partial charge in [-0.05, 0) is 42.8 Å². The fourth-order valence-corrected chi connectivity index (χ4v) is 5.40. The van der Waals surface area contributed by atoms with Crippen molar-refractivity contribution in [1.29, 1.82) is 0 Å². The van der Waals surface area contributed by atoms with Crippen molar-refractivity contribution in [3.8, 4) is 0 Å². The number of anilines is 1. The van der Waals surface area contributed by atoms with Crippen LogP contribution in [0.5, 0.6) is 0 Å². The number of amides is 1. The third-order valence-corrected chi connectivity index (χ3v) is 7.49. The highest BCUT2D eigenvalue weighted by Gasteiger charge is 2.22. The van der Waals surface area contributed by atoms with Gasteiger partial charge in [-0.25, -0.2) is 13.4 Å². The molecule has 0 saturated heterocycles. The molecule has 1 amide bonds. The molecule has 0 unspecified atom stereocenters. The first-order valence-electron chi connectivity index (χ1n) is 9.49. The molecule has 0 aliphatic heterocycles. The van der Waals surface area contributed by atoms with E-state index in [0.717, 1.165) is 10.2 Å². The molecule has 2 aromatic heterocycles. The molecule has 8 heteroatoms. The summed E-state index contributed by atoms with van der Waals surface area (Å²) < 4.78 is 31.4. The zero-order valence-electron chi connectivity index (χ0n) is 16.1. The summed E-state index contributed by atoms with van der Waals surface area (Å²) in [4.78, 5) is 19.5. The summed E-state index contributed by atoms with van der Waals surface area (Å²) in [6.07, 6.45) is 1.89. The van der Waals surface area contributed by atoms with E-state index in [9.17, 15) is 13.2 Å². The number of carbonyl (C=O) groups excluding carboxylic acids is 1. The number of sulfone groups is 1. The number of nitrogens with zero attached hydrogens (tertiary/aromatic N) is 2. The van der Waals surface area contributed by atoms with Gasteiger partial charge < -0.3 is 4.42 Å². The summed E-state index contributed by atoms with van der Waals surface area (Å²) in [6, 6.07) is 19.5. The average Bonchev–Trinajstić information content (AvgIpc) is 3.42. The molecule has 0 radical (unpaired) electrons. The standard InChI is InChI=1S/C22H20N2O4S2/c25-21(13-7-15-30(26,27)18-9-2-1-3-10-18)24(16-17-8-6-14-28-17)22-23-19-11-4-5-12-20(19)29-22/h1-6,8-12,14H,7,13,15-16H2. The summed E-state index contributed by atoms with van der Waals surface area (Å²) in [5, 5.41) is 0.573. The molecule has 0 atom stereocenters. The van der Waals surface area contributed by atoms with E-state index in [-0.39, 0.29) is 35.9 Å². The van der Waals surface area contributed by atoms with E-state index in [0.29, 0.717) is 10.9 Å². The summed E-state index contributed by atoms with van der Waals surface area (Å²) in [6.45, 7) is 0.247. The van der Waals surface area contributed by atoms with Gasteiger partial charge in [0.05, 0.1) is 33.7 Å². The molecular weight excluding hydrogens is 420 g/mol. The fraction of sp³-hybridized carbons (Fsp3) is 0.182.